The van der Waals surface area contributed by atoms with Crippen LogP contribution < -0.4 is 5.32 Å². The first kappa shape index (κ1) is 9.80. The van der Waals surface area contributed by atoms with E-state index in [0.29, 0.717) is 0 Å². The second-order valence-corrected chi connectivity index (χ2v) is 3.92. The van der Waals surface area contributed by atoms with Gasteiger partial charge in [-0.3, -0.25) is 9.89 Å². The van der Waals surface area contributed by atoms with E-state index >= 15 is 0 Å². The first-order chi connectivity index (χ1) is 5.79. The number of thioether (sulfide) groups is 1. The van der Waals surface area contributed by atoms with Crippen LogP contribution in [0.25, 0.3) is 0 Å². The fraction of sp³-hybridized carbons (Fsp3) is 0.714. The van der Waals surface area contributed by atoms with Gasteiger partial charge >= 0.3 is 0 Å². The molecule has 68 valence electrons. The minimum atomic E-state index is 0.771. The Morgan fingerprint density at radius 3 is 3.17 bits per heavy atom. The van der Waals surface area contributed by atoms with Gasteiger partial charge in [-0.05, 0) is 18.0 Å². The summed E-state index contributed by atoms with van der Waals surface area (Å²) in [6.45, 7) is 3.90. The summed E-state index contributed by atoms with van der Waals surface area (Å²) in [5.41, 5.74) is 0. The summed E-state index contributed by atoms with van der Waals surface area (Å²) >= 11 is 6.87. The minimum absolute atomic E-state index is 0.771. The van der Waals surface area contributed by atoms with E-state index in [1.807, 2.05) is 11.9 Å². The topological polar surface area (TPSA) is 27.6 Å². The molecular weight excluding hydrogens is 190 g/mol. The van der Waals surface area contributed by atoms with E-state index in [0.717, 1.165) is 29.1 Å². The Bertz CT molecular complexity index is 203. The molecule has 5 heteroatoms. The Morgan fingerprint density at radius 2 is 2.58 bits per heavy atom. The van der Waals surface area contributed by atoms with Gasteiger partial charge < -0.3 is 5.32 Å². The van der Waals surface area contributed by atoms with Gasteiger partial charge in [-0.25, -0.2) is 0 Å². The van der Waals surface area contributed by atoms with Gasteiger partial charge in [0.05, 0.1) is 6.54 Å². The van der Waals surface area contributed by atoms with Crippen LogP contribution in [0.3, 0.4) is 0 Å². The SMILES string of the molecule is CCSC1=NCCN1C(=S)NC. The first-order valence-electron chi connectivity index (χ1n) is 3.96. The second kappa shape index (κ2) is 4.67. The van der Waals surface area contributed by atoms with Crippen LogP contribution in [0.1, 0.15) is 6.92 Å². The monoisotopic (exact) mass is 203 g/mol. The smallest absolute Gasteiger partial charge is 0.174 e. The molecule has 0 aromatic rings. The van der Waals surface area contributed by atoms with Crippen LogP contribution in [0.2, 0.25) is 0 Å². The highest BCUT2D eigenvalue weighted by Crippen LogP contribution is 2.13. The lowest BCUT2D eigenvalue weighted by atomic mass is 10.6. The number of rotatable bonds is 1. The molecule has 0 aromatic carbocycles. The lowest BCUT2D eigenvalue weighted by Gasteiger charge is -2.19. The maximum Gasteiger partial charge on any atom is 0.174 e. The van der Waals surface area contributed by atoms with E-state index in [4.69, 9.17) is 12.2 Å². The summed E-state index contributed by atoms with van der Waals surface area (Å²) < 4.78 is 0. The van der Waals surface area contributed by atoms with E-state index in [9.17, 15) is 0 Å². The van der Waals surface area contributed by atoms with Crippen molar-refractivity contribution in [3.63, 3.8) is 0 Å². The molecule has 1 aliphatic heterocycles. The van der Waals surface area contributed by atoms with E-state index in [-0.39, 0.29) is 0 Å². The molecule has 0 amide bonds. The Labute approximate surface area is 82.6 Å². The van der Waals surface area contributed by atoms with Crippen molar-refractivity contribution in [3.8, 4) is 0 Å². The fourth-order valence-electron chi connectivity index (χ4n) is 1.00. The largest absolute Gasteiger partial charge is 0.365 e. The molecule has 0 spiro atoms. The number of hydrogen-bond donors (Lipinski definition) is 1. The molecule has 1 heterocycles. The van der Waals surface area contributed by atoms with E-state index in [1.54, 1.807) is 11.8 Å². The van der Waals surface area contributed by atoms with Gasteiger partial charge in [0.2, 0.25) is 0 Å². The van der Waals surface area contributed by atoms with Crippen molar-refractivity contribution in [1.29, 1.82) is 0 Å². The van der Waals surface area contributed by atoms with E-state index in [2.05, 4.69) is 17.2 Å². The quantitative estimate of drug-likeness (QED) is 0.641. The van der Waals surface area contributed by atoms with Crippen molar-refractivity contribution in [2.45, 2.75) is 6.92 Å². The molecule has 0 bridgehead atoms. The van der Waals surface area contributed by atoms with Gasteiger partial charge in [0.25, 0.3) is 0 Å². The summed E-state index contributed by atoms with van der Waals surface area (Å²) in [5.74, 6) is 1.04. The maximum atomic E-state index is 5.13. The number of thiocarbonyl (C=S) groups is 1. The molecule has 0 radical (unpaired) electrons. The van der Waals surface area contributed by atoms with Gasteiger partial charge in [0.15, 0.2) is 10.3 Å². The minimum Gasteiger partial charge on any atom is -0.365 e. The van der Waals surface area contributed by atoms with Crippen molar-refractivity contribution < 1.29 is 0 Å². The van der Waals surface area contributed by atoms with Crippen LogP contribution in [-0.2, 0) is 0 Å². The lowest BCUT2D eigenvalue weighted by molar-refractivity contribution is 0.663. The third-order valence-electron chi connectivity index (χ3n) is 1.53. The zero-order valence-electron chi connectivity index (χ0n) is 7.33. The second-order valence-electron chi connectivity index (χ2n) is 2.30. The molecule has 0 atom stereocenters. The van der Waals surface area contributed by atoms with Crippen molar-refractivity contribution in [2.24, 2.45) is 4.99 Å². The Morgan fingerprint density at radius 1 is 1.83 bits per heavy atom. The van der Waals surface area contributed by atoms with Crippen molar-refractivity contribution in [3.05, 3.63) is 0 Å². The molecule has 1 aliphatic rings. The van der Waals surface area contributed by atoms with Gasteiger partial charge in [-0.15, -0.1) is 0 Å². The molecule has 1 N–H and O–H groups in total. The summed E-state index contributed by atoms with van der Waals surface area (Å²) in [7, 11) is 1.84. The van der Waals surface area contributed by atoms with Crippen molar-refractivity contribution in [2.75, 3.05) is 25.9 Å². The number of hydrogen-bond acceptors (Lipinski definition) is 3. The molecule has 3 nitrogen and oxygen atoms in total. The van der Waals surface area contributed by atoms with Crippen LogP contribution in [0.15, 0.2) is 4.99 Å². The van der Waals surface area contributed by atoms with Crippen LogP contribution in [0, 0.1) is 0 Å². The molecule has 0 unspecified atom stereocenters. The normalized spacial score (nSPS) is 16.2. The summed E-state index contributed by atoms with van der Waals surface area (Å²) in [5, 5.41) is 4.78. The number of amidine groups is 1. The zero-order valence-corrected chi connectivity index (χ0v) is 8.97. The molecular formula is C7H13N3S2. The summed E-state index contributed by atoms with van der Waals surface area (Å²) in [4.78, 5) is 6.40. The molecule has 0 aromatic heterocycles. The Balaban J connectivity index is 2.55. The molecule has 0 fully saturated rings. The standard InChI is InChI=1S/C7H13N3S2/c1-3-12-7-9-4-5-10(7)6(11)8-2/h3-5H2,1-2H3,(H,8,11). The van der Waals surface area contributed by atoms with E-state index in [1.165, 1.54) is 0 Å². The number of nitrogens with one attached hydrogen (secondary N) is 1. The maximum absolute atomic E-state index is 5.13. The van der Waals surface area contributed by atoms with Crippen LogP contribution in [-0.4, -0.2) is 41.1 Å². The highest BCUT2D eigenvalue weighted by molar-refractivity contribution is 8.13. The number of aliphatic imine (C=N–C) groups is 1. The van der Waals surface area contributed by atoms with Crippen molar-refractivity contribution >= 4 is 34.3 Å². The third kappa shape index (κ3) is 2.10. The zero-order chi connectivity index (χ0) is 8.97. The third-order valence-corrected chi connectivity index (χ3v) is 2.85. The summed E-state index contributed by atoms with van der Waals surface area (Å²) in [6.07, 6.45) is 0. The van der Waals surface area contributed by atoms with Gasteiger partial charge in [0.1, 0.15) is 0 Å². The van der Waals surface area contributed by atoms with Crippen LogP contribution >= 0.6 is 24.0 Å². The number of nitrogens with zero attached hydrogens (tertiary/aromatic N) is 2. The predicted octanol–water partition coefficient (Wildman–Crippen LogP) is 0.915. The average molecular weight is 203 g/mol. The van der Waals surface area contributed by atoms with Gasteiger partial charge in [-0.1, -0.05) is 18.7 Å². The van der Waals surface area contributed by atoms with Crippen molar-refractivity contribution in [1.82, 2.24) is 10.2 Å². The molecule has 12 heavy (non-hydrogen) atoms. The van der Waals surface area contributed by atoms with Gasteiger partial charge in [0, 0.05) is 13.6 Å². The first-order valence-corrected chi connectivity index (χ1v) is 5.35. The Kier molecular flexibility index (Phi) is 3.81. The molecule has 1 rings (SSSR count). The fourth-order valence-corrected chi connectivity index (χ4v) is 2.02. The molecule has 0 aliphatic carbocycles. The molecule has 0 saturated heterocycles. The Hall–Kier alpha value is -0.290. The van der Waals surface area contributed by atoms with E-state index < -0.39 is 0 Å². The lowest BCUT2D eigenvalue weighted by Crippen LogP contribution is -2.39. The summed E-state index contributed by atoms with van der Waals surface area (Å²) in [6, 6.07) is 0. The van der Waals surface area contributed by atoms with Crippen LogP contribution in [0.5, 0.6) is 0 Å². The van der Waals surface area contributed by atoms with Gasteiger partial charge in [-0.2, -0.15) is 0 Å². The highest BCUT2D eigenvalue weighted by atomic mass is 32.2. The average Bonchev–Trinajstić information content (AvgIpc) is 2.52. The highest BCUT2D eigenvalue weighted by Gasteiger charge is 2.19. The van der Waals surface area contributed by atoms with Crippen LogP contribution in [0.4, 0.5) is 0 Å². The molecule has 0 saturated carbocycles. The predicted molar refractivity (Wildman–Crippen MR) is 58.8 cm³/mol.